The van der Waals surface area contributed by atoms with E-state index in [1.54, 1.807) is 0 Å². The molecule has 25 heavy (non-hydrogen) atoms. The second-order valence-corrected chi connectivity index (χ2v) is 6.49. The molecular weight excluding hydrogens is 318 g/mol. The minimum Gasteiger partial charge on any atom is -0.379 e. The van der Waals surface area contributed by atoms with E-state index in [1.165, 1.54) is 0 Å². The molecule has 1 fully saturated rings. The zero-order valence-corrected chi connectivity index (χ0v) is 14.2. The van der Waals surface area contributed by atoms with E-state index in [4.69, 9.17) is 4.74 Å². The fourth-order valence-electron chi connectivity index (χ4n) is 3.35. The van der Waals surface area contributed by atoms with Crippen LogP contribution in [0.4, 0.5) is 0 Å². The zero-order chi connectivity index (χ0) is 17.1. The first-order valence-corrected chi connectivity index (χ1v) is 8.87. The van der Waals surface area contributed by atoms with E-state index in [0.29, 0.717) is 39.4 Å². The molecule has 3 heterocycles. The number of hydrogen-bond donors (Lipinski definition) is 1. The number of rotatable bonds is 2. The Morgan fingerprint density at radius 2 is 2.08 bits per heavy atom. The summed E-state index contributed by atoms with van der Waals surface area (Å²) in [6, 6.07) is 10.0. The SMILES string of the molecule is O=C(C1CNCCOC1)N1CCc2nc(-c3ccccc3)nn2CC1. The first-order chi connectivity index (χ1) is 12.3. The molecule has 1 atom stereocenters. The number of amides is 1. The largest absolute Gasteiger partial charge is 0.379 e. The van der Waals surface area contributed by atoms with Crippen molar-refractivity contribution in [2.24, 2.45) is 5.92 Å². The number of benzene rings is 1. The highest BCUT2D eigenvalue weighted by atomic mass is 16.5. The Labute approximate surface area is 147 Å². The number of nitrogens with zero attached hydrogens (tertiary/aromatic N) is 4. The summed E-state index contributed by atoms with van der Waals surface area (Å²) in [4.78, 5) is 19.4. The van der Waals surface area contributed by atoms with Gasteiger partial charge < -0.3 is 15.0 Å². The van der Waals surface area contributed by atoms with Gasteiger partial charge in [0.1, 0.15) is 5.82 Å². The van der Waals surface area contributed by atoms with Crippen molar-refractivity contribution in [2.75, 3.05) is 39.4 Å². The number of nitrogens with one attached hydrogen (secondary N) is 1. The molecule has 132 valence electrons. The van der Waals surface area contributed by atoms with Gasteiger partial charge in [0.25, 0.3) is 0 Å². The molecular formula is C18H23N5O2. The maximum atomic E-state index is 12.8. The van der Waals surface area contributed by atoms with Gasteiger partial charge in [-0.15, -0.1) is 0 Å². The lowest BCUT2D eigenvalue weighted by molar-refractivity contribution is -0.136. The summed E-state index contributed by atoms with van der Waals surface area (Å²) in [6.45, 7) is 4.71. The topological polar surface area (TPSA) is 72.3 Å². The van der Waals surface area contributed by atoms with Gasteiger partial charge >= 0.3 is 0 Å². The van der Waals surface area contributed by atoms with Crippen molar-refractivity contribution < 1.29 is 9.53 Å². The van der Waals surface area contributed by atoms with E-state index in [1.807, 2.05) is 39.9 Å². The Hall–Kier alpha value is -2.25. The maximum absolute atomic E-state index is 12.8. The van der Waals surface area contributed by atoms with Crippen LogP contribution in [0.25, 0.3) is 11.4 Å². The van der Waals surface area contributed by atoms with Crippen LogP contribution in [0.2, 0.25) is 0 Å². The van der Waals surface area contributed by atoms with Gasteiger partial charge in [-0.2, -0.15) is 5.10 Å². The monoisotopic (exact) mass is 341 g/mol. The Bertz CT molecular complexity index is 697. The normalized spacial score (nSPS) is 21.3. The molecule has 7 heteroatoms. The van der Waals surface area contributed by atoms with Crippen LogP contribution in [0.15, 0.2) is 30.3 Å². The second kappa shape index (κ2) is 7.33. The average molecular weight is 341 g/mol. The van der Waals surface area contributed by atoms with Crippen LogP contribution in [0.5, 0.6) is 0 Å². The molecule has 1 aromatic carbocycles. The highest BCUT2D eigenvalue weighted by Crippen LogP contribution is 2.17. The summed E-state index contributed by atoms with van der Waals surface area (Å²) >= 11 is 0. The molecule has 1 amide bonds. The molecule has 0 saturated carbocycles. The molecule has 0 bridgehead atoms. The Kier molecular flexibility index (Phi) is 4.76. The van der Waals surface area contributed by atoms with Crippen LogP contribution in [-0.2, 0) is 22.5 Å². The van der Waals surface area contributed by atoms with Crippen molar-refractivity contribution in [3.05, 3.63) is 36.2 Å². The van der Waals surface area contributed by atoms with E-state index in [2.05, 4.69) is 15.4 Å². The van der Waals surface area contributed by atoms with Gasteiger partial charge in [-0.05, 0) is 0 Å². The fourth-order valence-corrected chi connectivity index (χ4v) is 3.35. The minimum absolute atomic E-state index is 0.0965. The molecule has 1 saturated heterocycles. The van der Waals surface area contributed by atoms with Crippen molar-refractivity contribution in [1.29, 1.82) is 0 Å². The Balaban J connectivity index is 1.44. The molecule has 1 N–H and O–H groups in total. The van der Waals surface area contributed by atoms with Gasteiger partial charge in [0.15, 0.2) is 5.82 Å². The van der Waals surface area contributed by atoms with Gasteiger partial charge in [-0.25, -0.2) is 9.67 Å². The van der Waals surface area contributed by atoms with E-state index >= 15 is 0 Å². The Morgan fingerprint density at radius 3 is 2.96 bits per heavy atom. The van der Waals surface area contributed by atoms with E-state index < -0.39 is 0 Å². The summed E-state index contributed by atoms with van der Waals surface area (Å²) in [6.07, 6.45) is 0.729. The van der Waals surface area contributed by atoms with Gasteiger partial charge in [-0.3, -0.25) is 4.79 Å². The van der Waals surface area contributed by atoms with Crippen LogP contribution < -0.4 is 5.32 Å². The Morgan fingerprint density at radius 1 is 1.20 bits per heavy atom. The van der Waals surface area contributed by atoms with Crippen molar-refractivity contribution in [3.8, 4) is 11.4 Å². The predicted molar refractivity (Wildman–Crippen MR) is 92.9 cm³/mol. The van der Waals surface area contributed by atoms with Crippen LogP contribution >= 0.6 is 0 Å². The second-order valence-electron chi connectivity index (χ2n) is 6.49. The number of fused-ring (bicyclic) bond motifs is 1. The number of hydrogen-bond acceptors (Lipinski definition) is 5. The lowest BCUT2D eigenvalue weighted by Gasteiger charge is -2.24. The fraction of sp³-hybridized carbons (Fsp3) is 0.500. The van der Waals surface area contributed by atoms with Gasteiger partial charge in [0.05, 0.1) is 25.7 Å². The lowest BCUT2D eigenvalue weighted by atomic mass is 10.1. The third-order valence-electron chi connectivity index (χ3n) is 4.76. The van der Waals surface area contributed by atoms with Gasteiger partial charge in [0, 0.05) is 38.2 Å². The van der Waals surface area contributed by atoms with E-state index in [-0.39, 0.29) is 11.8 Å². The smallest absolute Gasteiger partial charge is 0.229 e. The first kappa shape index (κ1) is 16.2. The van der Waals surface area contributed by atoms with Crippen LogP contribution in [0.3, 0.4) is 0 Å². The maximum Gasteiger partial charge on any atom is 0.229 e. The summed E-state index contributed by atoms with van der Waals surface area (Å²) in [5, 5.41) is 7.90. The van der Waals surface area contributed by atoms with Gasteiger partial charge in [0.2, 0.25) is 5.91 Å². The molecule has 0 aliphatic carbocycles. The van der Waals surface area contributed by atoms with Crippen LogP contribution in [0.1, 0.15) is 5.82 Å². The van der Waals surface area contributed by atoms with Crippen molar-refractivity contribution >= 4 is 5.91 Å². The first-order valence-electron chi connectivity index (χ1n) is 8.87. The molecule has 0 radical (unpaired) electrons. The predicted octanol–water partition coefficient (Wildman–Crippen LogP) is 0.566. The molecule has 7 nitrogen and oxygen atoms in total. The van der Waals surface area contributed by atoms with E-state index in [0.717, 1.165) is 30.2 Å². The number of carbonyl (C=O) groups excluding carboxylic acids is 1. The quantitative estimate of drug-likeness (QED) is 0.864. The third-order valence-corrected chi connectivity index (χ3v) is 4.76. The van der Waals surface area contributed by atoms with Crippen molar-refractivity contribution in [1.82, 2.24) is 25.0 Å². The lowest BCUT2D eigenvalue weighted by Crippen LogP contribution is -2.42. The molecule has 2 aliphatic heterocycles. The van der Waals surface area contributed by atoms with Crippen molar-refractivity contribution in [2.45, 2.75) is 13.0 Å². The number of ether oxygens (including phenoxy) is 1. The number of aromatic nitrogens is 3. The zero-order valence-electron chi connectivity index (χ0n) is 14.2. The van der Waals surface area contributed by atoms with Crippen molar-refractivity contribution in [3.63, 3.8) is 0 Å². The average Bonchev–Trinajstić information content (AvgIpc) is 2.83. The van der Waals surface area contributed by atoms with Crippen LogP contribution in [0, 0.1) is 5.92 Å². The highest BCUT2D eigenvalue weighted by molar-refractivity contribution is 5.79. The molecule has 1 unspecified atom stereocenters. The number of carbonyl (C=O) groups is 1. The van der Waals surface area contributed by atoms with Gasteiger partial charge in [-0.1, -0.05) is 30.3 Å². The summed E-state index contributed by atoms with van der Waals surface area (Å²) in [5.41, 5.74) is 1.03. The van der Waals surface area contributed by atoms with E-state index in [9.17, 15) is 4.79 Å². The highest BCUT2D eigenvalue weighted by Gasteiger charge is 2.28. The molecule has 0 spiro atoms. The molecule has 1 aromatic heterocycles. The molecule has 2 aromatic rings. The summed E-state index contributed by atoms with van der Waals surface area (Å²) in [5.74, 6) is 1.78. The molecule has 2 aliphatic rings. The summed E-state index contributed by atoms with van der Waals surface area (Å²) in [7, 11) is 0. The molecule has 4 rings (SSSR count). The van der Waals surface area contributed by atoms with Crippen LogP contribution in [-0.4, -0.2) is 65.0 Å². The summed E-state index contributed by atoms with van der Waals surface area (Å²) < 4.78 is 7.46. The minimum atomic E-state index is -0.0965. The third kappa shape index (κ3) is 3.57. The standard InChI is InChI=1S/C18H23N5O2/c24-18(15-12-19-7-11-25-13-15)22-8-6-16-20-17(21-23(16)10-9-22)14-4-2-1-3-5-14/h1-5,15,19H,6-13H2.